The number of nitrogens with one attached hydrogen (secondary N) is 1. The van der Waals surface area contributed by atoms with Gasteiger partial charge in [0.15, 0.2) is 12.3 Å². The molecule has 7 nitrogen and oxygen atoms in total. The predicted octanol–water partition coefficient (Wildman–Crippen LogP) is 5.36. The molecule has 1 aliphatic carbocycles. The lowest BCUT2D eigenvalue weighted by Gasteiger charge is -2.39. The molecule has 1 atom stereocenters. The summed E-state index contributed by atoms with van der Waals surface area (Å²) in [7, 11) is 0. The highest BCUT2D eigenvalue weighted by Gasteiger charge is 2.36. The Morgan fingerprint density at radius 2 is 1.89 bits per heavy atom. The van der Waals surface area contributed by atoms with Crippen molar-refractivity contribution in [2.24, 2.45) is 5.92 Å². The molecule has 0 bridgehead atoms. The van der Waals surface area contributed by atoms with Gasteiger partial charge in [0, 0.05) is 18.5 Å². The average molecular weight is 502 g/mol. The Bertz CT molecular complexity index is 1260. The van der Waals surface area contributed by atoms with E-state index in [4.69, 9.17) is 9.15 Å². The second-order valence-corrected chi connectivity index (χ2v) is 10.5. The first kappa shape index (κ1) is 25.1. The van der Waals surface area contributed by atoms with E-state index in [9.17, 15) is 9.59 Å². The second-order valence-electron chi connectivity index (χ2n) is 10.5. The van der Waals surface area contributed by atoms with Crippen molar-refractivity contribution in [1.29, 1.82) is 0 Å². The van der Waals surface area contributed by atoms with Crippen LogP contribution in [0.15, 0.2) is 53.1 Å². The van der Waals surface area contributed by atoms with Crippen molar-refractivity contribution in [3.8, 4) is 5.75 Å². The van der Waals surface area contributed by atoms with Crippen LogP contribution in [0.3, 0.4) is 0 Å². The minimum Gasteiger partial charge on any atom is -0.484 e. The second kappa shape index (κ2) is 10.8. The molecule has 1 aromatic heterocycles. The summed E-state index contributed by atoms with van der Waals surface area (Å²) in [6.45, 7) is 6.69. The van der Waals surface area contributed by atoms with Crippen molar-refractivity contribution in [3.05, 3.63) is 82.6 Å². The summed E-state index contributed by atoms with van der Waals surface area (Å²) < 4.78 is 11.5. The number of carbonyl (C=O) groups is 2. The van der Waals surface area contributed by atoms with Crippen molar-refractivity contribution in [2.75, 3.05) is 6.54 Å². The number of hydrogen-bond acceptors (Lipinski definition) is 5. The first-order chi connectivity index (χ1) is 17.9. The monoisotopic (exact) mass is 501 g/mol. The number of fused-ring (bicyclic) bond motifs is 1. The van der Waals surface area contributed by atoms with Crippen LogP contribution in [0.25, 0.3) is 0 Å². The van der Waals surface area contributed by atoms with E-state index < -0.39 is 0 Å². The van der Waals surface area contributed by atoms with Gasteiger partial charge in [-0.05, 0) is 68.9 Å². The Hall–Kier alpha value is -3.61. The van der Waals surface area contributed by atoms with Crippen LogP contribution in [-0.4, -0.2) is 34.3 Å². The van der Waals surface area contributed by atoms with E-state index in [0.717, 1.165) is 49.8 Å². The molecule has 2 aromatic carbocycles. The highest BCUT2D eigenvalue weighted by molar-refractivity contribution is 5.92. The van der Waals surface area contributed by atoms with E-state index in [2.05, 4.69) is 52.5 Å². The third-order valence-electron chi connectivity index (χ3n) is 7.29. The van der Waals surface area contributed by atoms with Gasteiger partial charge in [-0.15, -0.1) is 0 Å². The third-order valence-corrected chi connectivity index (χ3v) is 7.29. The maximum Gasteiger partial charge on any atom is 0.273 e. The molecule has 2 aliphatic rings. The first-order valence-corrected chi connectivity index (χ1v) is 13.3. The van der Waals surface area contributed by atoms with E-state index in [-0.39, 0.29) is 42.1 Å². The summed E-state index contributed by atoms with van der Waals surface area (Å²) in [6.07, 6.45) is 6.41. The average Bonchev–Trinajstić information content (AvgIpc) is 3.59. The van der Waals surface area contributed by atoms with Crippen LogP contribution in [0.2, 0.25) is 0 Å². The molecule has 2 amide bonds. The third kappa shape index (κ3) is 5.55. The van der Waals surface area contributed by atoms with Crippen LogP contribution >= 0.6 is 0 Å². The number of hydrogen-bond donors (Lipinski definition) is 1. The van der Waals surface area contributed by atoms with Gasteiger partial charge >= 0.3 is 0 Å². The van der Waals surface area contributed by atoms with E-state index in [1.54, 1.807) is 0 Å². The summed E-state index contributed by atoms with van der Waals surface area (Å²) in [5.74, 6) is 1.14. The molecule has 194 valence electrons. The van der Waals surface area contributed by atoms with Crippen LogP contribution < -0.4 is 10.1 Å². The quantitative estimate of drug-likeness (QED) is 0.471. The van der Waals surface area contributed by atoms with Gasteiger partial charge in [-0.2, -0.15) is 0 Å². The van der Waals surface area contributed by atoms with Crippen LogP contribution in [0.4, 0.5) is 0 Å². The molecule has 0 spiro atoms. The molecule has 1 N–H and O–H groups in total. The summed E-state index contributed by atoms with van der Waals surface area (Å²) in [4.78, 5) is 32.1. The number of oxazole rings is 1. The molecule has 1 fully saturated rings. The van der Waals surface area contributed by atoms with Crippen LogP contribution in [0.1, 0.15) is 84.2 Å². The SMILES string of the molecule is Cc1ccc([C@H]2c3cc(OCc4nc(C(=O)NC(C)C)co4)ccc3CCN2C(=O)C2CCCC2)cc1. The molecular formula is C30H35N3O4. The number of benzene rings is 2. The van der Waals surface area contributed by atoms with Crippen molar-refractivity contribution in [3.63, 3.8) is 0 Å². The zero-order valence-corrected chi connectivity index (χ0v) is 21.8. The summed E-state index contributed by atoms with van der Waals surface area (Å²) in [6, 6.07) is 14.4. The Morgan fingerprint density at radius 1 is 1.14 bits per heavy atom. The lowest BCUT2D eigenvalue weighted by atomic mass is 9.86. The minimum absolute atomic E-state index is 0.0148. The van der Waals surface area contributed by atoms with Crippen molar-refractivity contribution >= 4 is 11.8 Å². The fourth-order valence-corrected chi connectivity index (χ4v) is 5.40. The van der Waals surface area contributed by atoms with E-state index in [1.807, 2.05) is 26.0 Å². The number of amides is 2. The molecule has 0 radical (unpaired) electrons. The maximum atomic E-state index is 13.6. The molecule has 1 saturated carbocycles. The summed E-state index contributed by atoms with van der Waals surface area (Å²) in [5, 5.41) is 2.80. The molecule has 1 aliphatic heterocycles. The highest BCUT2D eigenvalue weighted by atomic mass is 16.5. The van der Waals surface area contributed by atoms with Gasteiger partial charge in [0.1, 0.15) is 12.0 Å². The molecule has 0 saturated heterocycles. The minimum atomic E-state index is -0.272. The number of ether oxygens (including phenoxy) is 1. The van der Waals surface area contributed by atoms with Crippen LogP contribution in [-0.2, 0) is 17.8 Å². The standard InChI is InChI=1S/C30H35N3O4/c1-19(2)31-29(34)26-17-37-27(32-26)18-36-24-13-12-21-14-15-33(30(35)23-6-4-5-7-23)28(25(21)16-24)22-10-8-20(3)9-11-22/h8-13,16-17,19,23,28H,4-7,14-15,18H2,1-3H3,(H,31,34)/t28-/m0/s1. The van der Waals surface area contributed by atoms with E-state index in [1.165, 1.54) is 17.4 Å². The zero-order chi connectivity index (χ0) is 25.9. The molecule has 3 aromatic rings. The van der Waals surface area contributed by atoms with Gasteiger partial charge < -0.3 is 19.4 Å². The number of aryl methyl sites for hydroxylation is 1. The highest BCUT2D eigenvalue weighted by Crippen LogP contribution is 2.39. The van der Waals surface area contributed by atoms with Gasteiger partial charge in [-0.1, -0.05) is 48.7 Å². The normalized spacial score (nSPS) is 17.6. The molecule has 2 heterocycles. The maximum absolute atomic E-state index is 13.6. The zero-order valence-electron chi connectivity index (χ0n) is 21.8. The van der Waals surface area contributed by atoms with Crippen molar-refractivity contribution < 1.29 is 18.7 Å². The van der Waals surface area contributed by atoms with Gasteiger partial charge in [-0.3, -0.25) is 9.59 Å². The van der Waals surface area contributed by atoms with E-state index >= 15 is 0 Å². The molecule has 37 heavy (non-hydrogen) atoms. The fraction of sp³-hybridized carbons (Fsp3) is 0.433. The van der Waals surface area contributed by atoms with Crippen molar-refractivity contribution in [1.82, 2.24) is 15.2 Å². The lowest BCUT2D eigenvalue weighted by molar-refractivity contribution is -0.137. The van der Waals surface area contributed by atoms with Crippen LogP contribution in [0, 0.1) is 12.8 Å². The smallest absolute Gasteiger partial charge is 0.273 e. The Balaban J connectivity index is 1.39. The van der Waals surface area contributed by atoms with Gasteiger partial charge in [-0.25, -0.2) is 4.98 Å². The Morgan fingerprint density at radius 3 is 2.62 bits per heavy atom. The first-order valence-electron chi connectivity index (χ1n) is 13.3. The van der Waals surface area contributed by atoms with E-state index in [0.29, 0.717) is 11.6 Å². The van der Waals surface area contributed by atoms with Crippen molar-refractivity contribution in [2.45, 2.75) is 71.6 Å². The molecular weight excluding hydrogens is 466 g/mol. The Labute approximate surface area is 218 Å². The predicted molar refractivity (Wildman–Crippen MR) is 140 cm³/mol. The fourth-order valence-electron chi connectivity index (χ4n) is 5.40. The largest absolute Gasteiger partial charge is 0.484 e. The number of carbonyl (C=O) groups excluding carboxylic acids is 2. The molecule has 7 heteroatoms. The summed E-state index contributed by atoms with van der Waals surface area (Å²) in [5.41, 5.74) is 4.88. The Kier molecular flexibility index (Phi) is 7.31. The molecule has 0 unspecified atom stereocenters. The van der Waals surface area contributed by atoms with Gasteiger partial charge in [0.05, 0.1) is 6.04 Å². The molecule has 5 rings (SSSR count). The van der Waals surface area contributed by atoms with Crippen LogP contribution in [0.5, 0.6) is 5.75 Å². The van der Waals surface area contributed by atoms with Gasteiger partial charge in [0.25, 0.3) is 5.91 Å². The topological polar surface area (TPSA) is 84.7 Å². The number of aromatic nitrogens is 1. The number of rotatable bonds is 7. The summed E-state index contributed by atoms with van der Waals surface area (Å²) >= 11 is 0. The lowest BCUT2D eigenvalue weighted by Crippen LogP contribution is -2.43. The van der Waals surface area contributed by atoms with Gasteiger partial charge in [0.2, 0.25) is 11.8 Å². The number of nitrogens with zero attached hydrogens (tertiary/aromatic N) is 2.